The van der Waals surface area contributed by atoms with E-state index in [1.165, 1.54) is 12.0 Å². The van der Waals surface area contributed by atoms with Crippen LogP contribution in [0.25, 0.3) is 0 Å². The predicted octanol–water partition coefficient (Wildman–Crippen LogP) is 3.56. The number of ether oxygens (including phenoxy) is 1. The number of hydrogen-bond donors (Lipinski definition) is 2. The molecule has 0 amide bonds. The number of rotatable bonds is 2. The summed E-state index contributed by atoms with van der Waals surface area (Å²) < 4.78 is 6.89. The summed E-state index contributed by atoms with van der Waals surface area (Å²) in [5.74, 6) is 0.972. The second kappa shape index (κ2) is 6.46. The van der Waals surface area contributed by atoms with Crippen molar-refractivity contribution in [3.05, 3.63) is 28.2 Å². The molecule has 110 valence electrons. The molecule has 3 rings (SSSR count). The van der Waals surface area contributed by atoms with Crippen LogP contribution in [-0.4, -0.2) is 23.9 Å². The Labute approximate surface area is 128 Å². The smallest absolute Gasteiger partial charge is 0.125 e. The number of aliphatic hydroxyl groups excluding tert-OH is 1. The van der Waals surface area contributed by atoms with Crippen molar-refractivity contribution >= 4 is 15.9 Å². The summed E-state index contributed by atoms with van der Waals surface area (Å²) in [6.07, 6.45) is 6.28. The highest BCUT2D eigenvalue weighted by Crippen LogP contribution is 2.35. The average Bonchev–Trinajstić information content (AvgIpc) is 2.63. The predicted molar refractivity (Wildman–Crippen MR) is 83.0 cm³/mol. The van der Waals surface area contributed by atoms with E-state index in [1.807, 2.05) is 6.07 Å². The standard InChI is InChI=1S/C16H22BrNO2/c17-11-7-8-12-13(5-3-9-20-16(12)10-11)18-14-4-1-2-6-15(14)19/h7-8,10,13-15,18-19H,1-6,9H2. The van der Waals surface area contributed by atoms with E-state index >= 15 is 0 Å². The first-order chi connectivity index (χ1) is 9.74. The van der Waals surface area contributed by atoms with Gasteiger partial charge in [0.05, 0.1) is 12.7 Å². The molecule has 0 spiro atoms. The number of halogens is 1. The average molecular weight is 340 g/mol. The molecule has 3 atom stereocenters. The van der Waals surface area contributed by atoms with Crippen molar-refractivity contribution < 1.29 is 9.84 Å². The molecule has 1 aliphatic heterocycles. The van der Waals surface area contributed by atoms with Gasteiger partial charge in [-0.05, 0) is 37.8 Å². The minimum atomic E-state index is -0.202. The second-order valence-electron chi connectivity index (χ2n) is 5.85. The zero-order valence-electron chi connectivity index (χ0n) is 11.6. The number of nitrogens with one attached hydrogen (secondary N) is 1. The maximum absolute atomic E-state index is 10.2. The van der Waals surface area contributed by atoms with Crippen LogP contribution in [0.2, 0.25) is 0 Å². The third-order valence-corrected chi connectivity index (χ3v) is 4.88. The van der Waals surface area contributed by atoms with Crippen LogP contribution < -0.4 is 10.1 Å². The van der Waals surface area contributed by atoms with Crippen LogP contribution in [0.1, 0.15) is 50.1 Å². The number of hydrogen-bond acceptors (Lipinski definition) is 3. The van der Waals surface area contributed by atoms with Gasteiger partial charge < -0.3 is 15.2 Å². The van der Waals surface area contributed by atoms with Crippen molar-refractivity contribution in [1.29, 1.82) is 0 Å². The summed E-state index contributed by atoms with van der Waals surface area (Å²) >= 11 is 3.50. The summed E-state index contributed by atoms with van der Waals surface area (Å²) in [5, 5.41) is 13.8. The van der Waals surface area contributed by atoms with Crippen molar-refractivity contribution in [2.75, 3.05) is 6.61 Å². The molecule has 2 aliphatic rings. The third kappa shape index (κ3) is 3.18. The minimum absolute atomic E-state index is 0.202. The molecule has 1 aromatic rings. The van der Waals surface area contributed by atoms with Gasteiger partial charge in [0.25, 0.3) is 0 Å². The molecular formula is C16H22BrNO2. The van der Waals surface area contributed by atoms with E-state index in [-0.39, 0.29) is 12.1 Å². The van der Waals surface area contributed by atoms with Gasteiger partial charge in [-0.1, -0.05) is 34.8 Å². The molecule has 0 saturated heterocycles. The molecule has 0 bridgehead atoms. The normalized spacial score (nSPS) is 30.2. The van der Waals surface area contributed by atoms with E-state index in [9.17, 15) is 5.11 Å². The molecule has 1 aliphatic carbocycles. The zero-order chi connectivity index (χ0) is 13.9. The fourth-order valence-electron chi connectivity index (χ4n) is 3.28. The van der Waals surface area contributed by atoms with E-state index in [4.69, 9.17) is 4.74 Å². The second-order valence-corrected chi connectivity index (χ2v) is 6.77. The molecule has 0 radical (unpaired) electrons. The molecule has 2 N–H and O–H groups in total. The van der Waals surface area contributed by atoms with Gasteiger partial charge in [-0.3, -0.25) is 0 Å². The van der Waals surface area contributed by atoms with Crippen LogP contribution in [0.4, 0.5) is 0 Å². The largest absolute Gasteiger partial charge is 0.493 e. The van der Waals surface area contributed by atoms with Crippen LogP contribution >= 0.6 is 15.9 Å². The molecule has 20 heavy (non-hydrogen) atoms. The summed E-state index contributed by atoms with van der Waals surface area (Å²) in [5.41, 5.74) is 1.23. The Bertz CT molecular complexity index is 466. The van der Waals surface area contributed by atoms with E-state index < -0.39 is 0 Å². The van der Waals surface area contributed by atoms with Gasteiger partial charge in [-0.2, -0.15) is 0 Å². The Hall–Kier alpha value is -0.580. The van der Waals surface area contributed by atoms with Gasteiger partial charge >= 0.3 is 0 Å². The highest BCUT2D eigenvalue weighted by molar-refractivity contribution is 9.10. The van der Waals surface area contributed by atoms with Gasteiger partial charge in [0.2, 0.25) is 0 Å². The van der Waals surface area contributed by atoms with E-state index in [0.717, 1.165) is 48.9 Å². The van der Waals surface area contributed by atoms with Crippen LogP contribution in [0.5, 0.6) is 5.75 Å². The minimum Gasteiger partial charge on any atom is -0.493 e. The van der Waals surface area contributed by atoms with Crippen LogP contribution in [0.3, 0.4) is 0 Å². The lowest BCUT2D eigenvalue weighted by Crippen LogP contribution is -2.43. The Morgan fingerprint density at radius 3 is 2.85 bits per heavy atom. The van der Waals surface area contributed by atoms with Gasteiger partial charge in [0, 0.05) is 22.1 Å². The maximum Gasteiger partial charge on any atom is 0.125 e. The van der Waals surface area contributed by atoms with E-state index in [1.54, 1.807) is 0 Å². The van der Waals surface area contributed by atoms with Crippen LogP contribution in [0, 0.1) is 0 Å². The topological polar surface area (TPSA) is 41.5 Å². The van der Waals surface area contributed by atoms with Crippen molar-refractivity contribution in [1.82, 2.24) is 5.32 Å². The highest BCUT2D eigenvalue weighted by Gasteiger charge is 2.28. The monoisotopic (exact) mass is 339 g/mol. The Kier molecular flexibility index (Phi) is 4.64. The zero-order valence-corrected chi connectivity index (χ0v) is 13.2. The molecule has 1 saturated carbocycles. The van der Waals surface area contributed by atoms with Crippen molar-refractivity contribution in [3.63, 3.8) is 0 Å². The number of benzene rings is 1. The van der Waals surface area contributed by atoms with Crippen molar-refractivity contribution in [2.24, 2.45) is 0 Å². The van der Waals surface area contributed by atoms with Crippen molar-refractivity contribution in [3.8, 4) is 5.75 Å². The summed E-state index contributed by atoms with van der Waals surface area (Å²) in [6, 6.07) is 6.77. The Morgan fingerprint density at radius 2 is 2.00 bits per heavy atom. The first kappa shape index (κ1) is 14.4. The van der Waals surface area contributed by atoms with Gasteiger partial charge in [0.1, 0.15) is 5.75 Å². The fraction of sp³-hybridized carbons (Fsp3) is 0.625. The molecule has 0 aromatic heterocycles. The lowest BCUT2D eigenvalue weighted by Gasteiger charge is -2.32. The summed E-state index contributed by atoms with van der Waals surface area (Å²) in [7, 11) is 0. The molecular weight excluding hydrogens is 318 g/mol. The van der Waals surface area contributed by atoms with E-state index in [2.05, 4.69) is 33.4 Å². The van der Waals surface area contributed by atoms with Crippen molar-refractivity contribution in [2.45, 2.75) is 56.7 Å². The van der Waals surface area contributed by atoms with Gasteiger partial charge in [-0.15, -0.1) is 0 Å². The summed E-state index contributed by atoms with van der Waals surface area (Å²) in [4.78, 5) is 0. The number of aliphatic hydroxyl groups is 1. The Morgan fingerprint density at radius 1 is 1.15 bits per heavy atom. The molecule has 1 fully saturated rings. The van der Waals surface area contributed by atoms with E-state index in [0.29, 0.717) is 6.04 Å². The third-order valence-electron chi connectivity index (χ3n) is 4.39. The summed E-state index contributed by atoms with van der Waals surface area (Å²) in [6.45, 7) is 0.773. The molecule has 1 heterocycles. The number of fused-ring (bicyclic) bond motifs is 1. The van der Waals surface area contributed by atoms with Crippen LogP contribution in [0.15, 0.2) is 22.7 Å². The first-order valence-electron chi connectivity index (χ1n) is 7.60. The highest BCUT2D eigenvalue weighted by atomic mass is 79.9. The van der Waals surface area contributed by atoms with Crippen LogP contribution in [-0.2, 0) is 0 Å². The lowest BCUT2D eigenvalue weighted by atomic mass is 9.90. The lowest BCUT2D eigenvalue weighted by molar-refractivity contribution is 0.0841. The first-order valence-corrected chi connectivity index (χ1v) is 8.40. The molecule has 4 heteroatoms. The molecule has 3 unspecified atom stereocenters. The molecule has 3 nitrogen and oxygen atoms in total. The fourth-order valence-corrected chi connectivity index (χ4v) is 3.62. The van der Waals surface area contributed by atoms with Gasteiger partial charge in [0.15, 0.2) is 0 Å². The Balaban J connectivity index is 1.79. The SMILES string of the molecule is OC1CCCCC1NC1CCCOc2cc(Br)ccc21. The quantitative estimate of drug-likeness (QED) is 0.865. The maximum atomic E-state index is 10.2. The molecule has 1 aromatic carbocycles. The van der Waals surface area contributed by atoms with Gasteiger partial charge in [-0.25, -0.2) is 0 Å².